The summed E-state index contributed by atoms with van der Waals surface area (Å²) >= 11 is 0. The molecule has 0 aliphatic carbocycles. The maximum absolute atomic E-state index is 13.5. The third-order valence-corrected chi connectivity index (χ3v) is 7.07. The Labute approximate surface area is 218 Å². The lowest BCUT2D eigenvalue weighted by Gasteiger charge is -2.33. The molecule has 3 aromatic carbocycles. The molecule has 0 saturated carbocycles. The molecule has 2 heterocycles. The van der Waals surface area contributed by atoms with Gasteiger partial charge in [-0.05, 0) is 24.7 Å². The normalized spacial score (nSPS) is 15.0. The second-order valence-corrected chi connectivity index (χ2v) is 9.54. The molecule has 1 fully saturated rings. The number of nitrogens with zero attached hydrogens (tertiary/aromatic N) is 2. The monoisotopic (exact) mass is 516 g/mol. The molecular weight excluding hydrogens is 488 g/mol. The van der Waals surface area contributed by atoms with Crippen LogP contribution in [0.1, 0.15) is 23.5 Å². The second kappa shape index (κ2) is 10.1. The van der Waals surface area contributed by atoms with E-state index in [-0.39, 0.29) is 40.4 Å². The van der Waals surface area contributed by atoms with Gasteiger partial charge in [-0.25, -0.2) is 0 Å². The lowest BCUT2D eigenvalue weighted by atomic mass is 9.85. The van der Waals surface area contributed by atoms with Gasteiger partial charge in [0.25, 0.3) is 0 Å². The Balaban J connectivity index is 1.72. The van der Waals surface area contributed by atoms with Crippen molar-refractivity contribution in [2.75, 3.05) is 33.2 Å². The van der Waals surface area contributed by atoms with Crippen LogP contribution in [0.25, 0.3) is 22.3 Å². The molecular formula is C29H28N2O7. The number of likely N-dealkylation sites (N-methyl/N-ethyl adjacent to an activating group) is 1. The second-order valence-electron chi connectivity index (χ2n) is 9.54. The van der Waals surface area contributed by atoms with Crippen LogP contribution in [0, 0.1) is 0 Å². The fraction of sp³-hybridized carbons (Fsp3) is 0.241. The van der Waals surface area contributed by atoms with Crippen LogP contribution in [0.2, 0.25) is 0 Å². The molecule has 1 amide bonds. The number of carbonyl (C=O) groups is 1. The number of amides is 1. The number of rotatable bonds is 5. The number of hydrogen-bond donors (Lipinski definition) is 4. The molecule has 0 bridgehead atoms. The van der Waals surface area contributed by atoms with E-state index in [1.54, 1.807) is 41.3 Å². The minimum absolute atomic E-state index is 0.00153. The molecule has 1 aromatic heterocycles. The summed E-state index contributed by atoms with van der Waals surface area (Å²) in [6.45, 7) is 2.52. The summed E-state index contributed by atoms with van der Waals surface area (Å²) in [5, 5.41) is 41.9. The Kier molecular flexibility index (Phi) is 6.69. The summed E-state index contributed by atoms with van der Waals surface area (Å²) in [7, 11) is 1.98. The highest BCUT2D eigenvalue weighted by Crippen LogP contribution is 2.49. The molecule has 1 aliphatic heterocycles. The number of carbonyl (C=O) groups excluding carboxylic acids is 1. The fourth-order valence-corrected chi connectivity index (χ4v) is 4.89. The summed E-state index contributed by atoms with van der Waals surface area (Å²) in [5.74, 6) is -3.20. The average Bonchev–Trinajstić information content (AvgIpc) is 2.92. The Bertz CT molecular complexity index is 1540. The molecule has 196 valence electrons. The van der Waals surface area contributed by atoms with Gasteiger partial charge in [0.15, 0.2) is 16.9 Å². The topological polar surface area (TPSA) is 135 Å². The van der Waals surface area contributed by atoms with Crippen LogP contribution in [-0.2, 0) is 4.79 Å². The number of fused-ring (bicyclic) bond motifs is 1. The van der Waals surface area contributed by atoms with E-state index in [2.05, 4.69) is 4.90 Å². The zero-order valence-electron chi connectivity index (χ0n) is 20.8. The predicted molar refractivity (Wildman–Crippen MR) is 142 cm³/mol. The number of aromatic hydroxyl groups is 4. The smallest absolute Gasteiger partial charge is 0.223 e. The molecule has 0 radical (unpaired) electrons. The van der Waals surface area contributed by atoms with Crippen LogP contribution in [-0.4, -0.2) is 69.4 Å². The molecule has 1 saturated heterocycles. The van der Waals surface area contributed by atoms with E-state index in [0.717, 1.165) is 13.1 Å². The summed E-state index contributed by atoms with van der Waals surface area (Å²) in [5.41, 5.74) is 0.389. The first-order valence-corrected chi connectivity index (χ1v) is 12.3. The molecule has 9 heteroatoms. The molecule has 5 rings (SSSR count). The van der Waals surface area contributed by atoms with Crippen LogP contribution in [0.15, 0.2) is 69.9 Å². The van der Waals surface area contributed by atoms with Gasteiger partial charge < -0.3 is 34.6 Å². The standard InChI is InChI=1S/C29H28N2O7/c1-30-11-13-31(14-12-30)23(34)15-20(17-7-9-19(32)10-8-17)24-26(35)28(37)27(36)25-21(33)16-22(38-29(24)25)18-5-3-2-4-6-18/h2-10,16,20,32,35-37H,11-15H2,1H3/t20-/m1/s1. The van der Waals surface area contributed by atoms with Gasteiger partial charge in [0, 0.05) is 55.7 Å². The fourth-order valence-electron chi connectivity index (χ4n) is 4.89. The number of phenols is 4. The quantitative estimate of drug-likeness (QED) is 0.296. The van der Waals surface area contributed by atoms with Gasteiger partial charge in [-0.15, -0.1) is 0 Å². The Hall–Kier alpha value is -4.50. The first kappa shape index (κ1) is 25.2. The first-order chi connectivity index (χ1) is 18.2. The van der Waals surface area contributed by atoms with E-state index in [9.17, 15) is 30.0 Å². The van der Waals surface area contributed by atoms with Crippen LogP contribution in [0.3, 0.4) is 0 Å². The van der Waals surface area contributed by atoms with Crippen LogP contribution >= 0.6 is 0 Å². The number of piperazine rings is 1. The minimum Gasteiger partial charge on any atom is -0.508 e. The van der Waals surface area contributed by atoms with E-state index in [1.807, 2.05) is 13.1 Å². The number of phenolic OH excluding ortho intramolecular Hbond substituents is 4. The van der Waals surface area contributed by atoms with Gasteiger partial charge in [-0.3, -0.25) is 9.59 Å². The van der Waals surface area contributed by atoms with Crippen molar-refractivity contribution in [2.24, 2.45) is 0 Å². The maximum atomic E-state index is 13.5. The van der Waals surface area contributed by atoms with Crippen LogP contribution < -0.4 is 5.43 Å². The van der Waals surface area contributed by atoms with Crippen molar-refractivity contribution in [3.63, 3.8) is 0 Å². The Morgan fingerprint density at radius 2 is 1.55 bits per heavy atom. The van der Waals surface area contributed by atoms with Crippen LogP contribution in [0.4, 0.5) is 0 Å². The van der Waals surface area contributed by atoms with Crippen molar-refractivity contribution in [2.45, 2.75) is 12.3 Å². The minimum atomic E-state index is -0.872. The largest absolute Gasteiger partial charge is 0.508 e. The SMILES string of the molecule is CN1CCN(C(=O)C[C@H](c2ccc(O)cc2)c2c(O)c(O)c(O)c3c(=O)cc(-c4ccccc4)oc23)CC1. The van der Waals surface area contributed by atoms with E-state index in [1.165, 1.54) is 18.2 Å². The summed E-state index contributed by atoms with van der Waals surface area (Å²) in [6, 6.07) is 16.2. The van der Waals surface area contributed by atoms with Crippen molar-refractivity contribution >= 4 is 16.9 Å². The van der Waals surface area contributed by atoms with Gasteiger partial charge in [0.1, 0.15) is 22.5 Å². The van der Waals surface area contributed by atoms with E-state index in [0.29, 0.717) is 24.2 Å². The lowest BCUT2D eigenvalue weighted by Crippen LogP contribution is -2.47. The highest BCUT2D eigenvalue weighted by atomic mass is 16.3. The predicted octanol–water partition coefficient (Wildman–Crippen LogP) is 3.58. The van der Waals surface area contributed by atoms with Crippen molar-refractivity contribution in [1.82, 2.24) is 9.80 Å². The lowest BCUT2D eigenvalue weighted by molar-refractivity contribution is -0.133. The van der Waals surface area contributed by atoms with Gasteiger partial charge in [-0.1, -0.05) is 42.5 Å². The highest BCUT2D eigenvalue weighted by molar-refractivity contribution is 5.94. The van der Waals surface area contributed by atoms with Gasteiger partial charge in [-0.2, -0.15) is 0 Å². The van der Waals surface area contributed by atoms with Crippen molar-refractivity contribution in [3.8, 4) is 34.3 Å². The number of hydrogen-bond acceptors (Lipinski definition) is 8. The molecule has 4 N–H and O–H groups in total. The maximum Gasteiger partial charge on any atom is 0.223 e. The zero-order chi connectivity index (χ0) is 27.0. The van der Waals surface area contributed by atoms with E-state index < -0.39 is 28.6 Å². The van der Waals surface area contributed by atoms with E-state index >= 15 is 0 Å². The van der Waals surface area contributed by atoms with Gasteiger partial charge >= 0.3 is 0 Å². The van der Waals surface area contributed by atoms with Crippen LogP contribution in [0.5, 0.6) is 23.0 Å². The molecule has 9 nitrogen and oxygen atoms in total. The third-order valence-electron chi connectivity index (χ3n) is 7.07. The molecule has 38 heavy (non-hydrogen) atoms. The summed E-state index contributed by atoms with van der Waals surface area (Å²) in [4.78, 5) is 30.5. The zero-order valence-corrected chi connectivity index (χ0v) is 20.8. The molecule has 4 aromatic rings. The first-order valence-electron chi connectivity index (χ1n) is 12.3. The van der Waals surface area contributed by atoms with Gasteiger partial charge in [0.05, 0.1) is 0 Å². The van der Waals surface area contributed by atoms with Crippen molar-refractivity contribution in [3.05, 3.63) is 82.0 Å². The average molecular weight is 517 g/mol. The highest BCUT2D eigenvalue weighted by Gasteiger charge is 2.32. The summed E-state index contributed by atoms with van der Waals surface area (Å²) in [6.07, 6.45) is -0.110. The van der Waals surface area contributed by atoms with Crippen molar-refractivity contribution in [1.29, 1.82) is 0 Å². The van der Waals surface area contributed by atoms with Gasteiger partial charge in [0.2, 0.25) is 11.7 Å². The molecule has 0 unspecified atom stereocenters. The Morgan fingerprint density at radius 1 is 0.895 bits per heavy atom. The third kappa shape index (κ3) is 4.64. The molecule has 1 atom stereocenters. The van der Waals surface area contributed by atoms with Crippen molar-refractivity contribution < 1.29 is 29.6 Å². The Morgan fingerprint density at radius 3 is 2.21 bits per heavy atom. The molecule has 0 spiro atoms. The number of benzene rings is 3. The summed E-state index contributed by atoms with van der Waals surface area (Å²) < 4.78 is 6.13. The molecule has 1 aliphatic rings. The van der Waals surface area contributed by atoms with E-state index in [4.69, 9.17) is 4.42 Å².